The van der Waals surface area contributed by atoms with Gasteiger partial charge in [0, 0.05) is 5.69 Å². The highest BCUT2D eigenvalue weighted by Crippen LogP contribution is 2.13. The summed E-state index contributed by atoms with van der Waals surface area (Å²) in [6, 6.07) is 6.91. The SMILES string of the molecule is Nc1ccc(OCCCS(=O)(=O)CCO)cc1. The fourth-order valence-electron chi connectivity index (χ4n) is 1.27. The highest BCUT2D eigenvalue weighted by molar-refractivity contribution is 7.91. The van der Waals surface area contributed by atoms with E-state index in [1.165, 1.54) is 0 Å². The molecule has 3 N–H and O–H groups in total. The van der Waals surface area contributed by atoms with Gasteiger partial charge in [0.1, 0.15) is 5.75 Å². The van der Waals surface area contributed by atoms with Crippen LogP contribution in [0.1, 0.15) is 6.42 Å². The zero-order valence-electron chi connectivity index (χ0n) is 9.50. The van der Waals surface area contributed by atoms with Crippen molar-refractivity contribution in [1.29, 1.82) is 0 Å². The van der Waals surface area contributed by atoms with E-state index in [4.69, 9.17) is 15.6 Å². The van der Waals surface area contributed by atoms with E-state index >= 15 is 0 Å². The molecule has 96 valence electrons. The van der Waals surface area contributed by atoms with Gasteiger partial charge in [0.05, 0.1) is 24.7 Å². The number of benzene rings is 1. The molecular formula is C11H17NO4S. The van der Waals surface area contributed by atoms with E-state index in [0.29, 0.717) is 24.5 Å². The average molecular weight is 259 g/mol. The van der Waals surface area contributed by atoms with E-state index in [1.807, 2.05) is 0 Å². The lowest BCUT2D eigenvalue weighted by Crippen LogP contribution is -2.15. The summed E-state index contributed by atoms with van der Waals surface area (Å²) in [5, 5.41) is 8.54. The summed E-state index contributed by atoms with van der Waals surface area (Å²) in [6.45, 7) is -0.00424. The minimum Gasteiger partial charge on any atom is -0.494 e. The molecule has 0 aliphatic heterocycles. The van der Waals surface area contributed by atoms with Gasteiger partial charge < -0.3 is 15.6 Å². The van der Waals surface area contributed by atoms with Crippen molar-refractivity contribution in [2.24, 2.45) is 0 Å². The largest absolute Gasteiger partial charge is 0.494 e. The molecule has 0 amide bonds. The maximum atomic E-state index is 11.3. The maximum Gasteiger partial charge on any atom is 0.152 e. The van der Waals surface area contributed by atoms with Crippen molar-refractivity contribution < 1.29 is 18.3 Å². The number of ether oxygens (including phenoxy) is 1. The Bertz CT molecular complexity index is 427. The van der Waals surface area contributed by atoms with Crippen LogP contribution in [-0.4, -0.2) is 38.2 Å². The summed E-state index contributed by atoms with van der Waals surface area (Å²) < 4.78 is 27.9. The summed E-state index contributed by atoms with van der Waals surface area (Å²) in [7, 11) is -3.14. The Balaban J connectivity index is 2.27. The van der Waals surface area contributed by atoms with Crippen LogP contribution in [0.15, 0.2) is 24.3 Å². The molecule has 0 atom stereocenters. The first-order chi connectivity index (χ1) is 8.03. The Labute approximate surface area is 101 Å². The van der Waals surface area contributed by atoms with Crippen LogP contribution in [0.4, 0.5) is 5.69 Å². The Hall–Kier alpha value is -1.27. The zero-order valence-corrected chi connectivity index (χ0v) is 10.3. The predicted octanol–water partition coefficient (Wildman–Crippen LogP) is 0.445. The van der Waals surface area contributed by atoms with Crippen LogP contribution in [0, 0.1) is 0 Å². The zero-order chi connectivity index (χ0) is 12.7. The second-order valence-electron chi connectivity index (χ2n) is 3.65. The molecule has 0 saturated heterocycles. The number of rotatable bonds is 7. The monoisotopic (exact) mass is 259 g/mol. The van der Waals surface area contributed by atoms with Crippen LogP contribution in [0.5, 0.6) is 5.75 Å². The van der Waals surface area contributed by atoms with Crippen molar-refractivity contribution in [2.45, 2.75) is 6.42 Å². The summed E-state index contributed by atoms with van der Waals surface area (Å²) in [5.41, 5.74) is 6.17. The number of anilines is 1. The van der Waals surface area contributed by atoms with Gasteiger partial charge in [0.25, 0.3) is 0 Å². The number of sulfone groups is 1. The number of aliphatic hydroxyl groups is 1. The number of hydrogen-bond donors (Lipinski definition) is 2. The van der Waals surface area contributed by atoms with E-state index in [2.05, 4.69) is 0 Å². The highest BCUT2D eigenvalue weighted by atomic mass is 32.2. The van der Waals surface area contributed by atoms with Crippen molar-refractivity contribution >= 4 is 15.5 Å². The topological polar surface area (TPSA) is 89.6 Å². The number of nitrogen functional groups attached to an aromatic ring is 1. The van der Waals surface area contributed by atoms with Crippen molar-refractivity contribution in [3.63, 3.8) is 0 Å². The molecule has 0 saturated carbocycles. The van der Waals surface area contributed by atoms with E-state index < -0.39 is 9.84 Å². The van der Waals surface area contributed by atoms with Gasteiger partial charge in [-0.15, -0.1) is 0 Å². The van der Waals surface area contributed by atoms with Gasteiger partial charge in [0.2, 0.25) is 0 Å². The molecule has 6 heteroatoms. The van der Waals surface area contributed by atoms with Crippen molar-refractivity contribution in [3.8, 4) is 5.75 Å². The molecule has 0 radical (unpaired) electrons. The third-order valence-electron chi connectivity index (χ3n) is 2.15. The predicted molar refractivity (Wildman–Crippen MR) is 66.7 cm³/mol. The molecule has 0 spiro atoms. The van der Waals surface area contributed by atoms with Gasteiger partial charge in [-0.25, -0.2) is 8.42 Å². The lowest BCUT2D eigenvalue weighted by atomic mass is 10.3. The van der Waals surface area contributed by atoms with Gasteiger partial charge in [-0.3, -0.25) is 0 Å². The fourth-order valence-corrected chi connectivity index (χ4v) is 2.31. The second-order valence-corrected chi connectivity index (χ2v) is 5.95. The van der Waals surface area contributed by atoms with E-state index in [0.717, 1.165) is 0 Å². The first kappa shape index (κ1) is 13.8. The smallest absolute Gasteiger partial charge is 0.152 e. The summed E-state index contributed by atoms with van der Waals surface area (Å²) >= 11 is 0. The van der Waals surface area contributed by atoms with Crippen LogP contribution < -0.4 is 10.5 Å². The third-order valence-corrected chi connectivity index (χ3v) is 3.87. The Morgan fingerprint density at radius 1 is 1.18 bits per heavy atom. The molecule has 0 aliphatic carbocycles. The number of nitrogens with two attached hydrogens (primary N) is 1. The Kier molecular flexibility index (Phi) is 5.24. The average Bonchev–Trinajstić information content (AvgIpc) is 2.27. The molecule has 1 aromatic rings. The Morgan fingerprint density at radius 2 is 1.82 bits per heavy atom. The quantitative estimate of drug-likeness (QED) is 0.548. The molecule has 1 aromatic carbocycles. The molecule has 1 rings (SSSR count). The first-order valence-electron chi connectivity index (χ1n) is 5.33. The molecule has 0 aliphatic rings. The first-order valence-corrected chi connectivity index (χ1v) is 7.15. The van der Waals surface area contributed by atoms with Crippen LogP contribution in [-0.2, 0) is 9.84 Å². The summed E-state index contributed by atoms with van der Waals surface area (Å²) in [5.74, 6) is 0.510. The Morgan fingerprint density at radius 3 is 2.41 bits per heavy atom. The minimum atomic E-state index is -3.14. The molecule has 17 heavy (non-hydrogen) atoms. The molecule has 0 aromatic heterocycles. The second kappa shape index (κ2) is 6.46. The highest BCUT2D eigenvalue weighted by Gasteiger charge is 2.09. The minimum absolute atomic E-state index is 0.0303. The lowest BCUT2D eigenvalue weighted by Gasteiger charge is -2.06. The van der Waals surface area contributed by atoms with Crippen LogP contribution in [0.2, 0.25) is 0 Å². The molecular weight excluding hydrogens is 242 g/mol. The summed E-state index contributed by atoms with van der Waals surface area (Å²) in [6.07, 6.45) is 0.409. The standard InChI is InChI=1S/C11H17NO4S/c12-10-2-4-11(5-3-10)16-7-1-8-17(14,15)9-6-13/h2-5,13H,1,6-9,12H2. The van der Waals surface area contributed by atoms with Gasteiger partial charge in [-0.05, 0) is 30.7 Å². The maximum absolute atomic E-state index is 11.3. The van der Waals surface area contributed by atoms with Gasteiger partial charge in [0.15, 0.2) is 9.84 Å². The van der Waals surface area contributed by atoms with E-state index in [9.17, 15) is 8.42 Å². The van der Waals surface area contributed by atoms with Crippen LogP contribution in [0.3, 0.4) is 0 Å². The van der Waals surface area contributed by atoms with Crippen LogP contribution >= 0.6 is 0 Å². The molecule has 0 unspecified atom stereocenters. The van der Waals surface area contributed by atoms with Crippen molar-refractivity contribution in [3.05, 3.63) is 24.3 Å². The third kappa shape index (κ3) is 5.55. The molecule has 5 nitrogen and oxygen atoms in total. The van der Waals surface area contributed by atoms with Gasteiger partial charge in [-0.2, -0.15) is 0 Å². The number of hydrogen-bond acceptors (Lipinski definition) is 5. The molecule has 0 heterocycles. The summed E-state index contributed by atoms with van der Waals surface area (Å²) in [4.78, 5) is 0. The van der Waals surface area contributed by atoms with E-state index in [-0.39, 0.29) is 18.1 Å². The van der Waals surface area contributed by atoms with Gasteiger partial charge >= 0.3 is 0 Å². The molecule has 0 bridgehead atoms. The van der Waals surface area contributed by atoms with Crippen LogP contribution in [0.25, 0.3) is 0 Å². The normalized spacial score (nSPS) is 11.4. The van der Waals surface area contributed by atoms with E-state index in [1.54, 1.807) is 24.3 Å². The molecule has 0 fully saturated rings. The fraction of sp³-hybridized carbons (Fsp3) is 0.455. The number of aliphatic hydroxyl groups excluding tert-OH is 1. The van der Waals surface area contributed by atoms with Crippen molar-refractivity contribution in [1.82, 2.24) is 0 Å². The lowest BCUT2D eigenvalue weighted by molar-refractivity contribution is 0.314. The van der Waals surface area contributed by atoms with Gasteiger partial charge in [-0.1, -0.05) is 0 Å². The van der Waals surface area contributed by atoms with Crippen molar-refractivity contribution in [2.75, 3.05) is 30.5 Å².